The summed E-state index contributed by atoms with van der Waals surface area (Å²) in [4.78, 5) is 0. The molecule has 0 bridgehead atoms. The van der Waals surface area contributed by atoms with Crippen molar-refractivity contribution in [1.82, 2.24) is 4.57 Å². The zero-order valence-electron chi connectivity index (χ0n) is 26.0. The van der Waals surface area contributed by atoms with Crippen molar-refractivity contribution in [1.29, 1.82) is 0 Å². The Bertz CT molecular complexity index is 2420. The van der Waals surface area contributed by atoms with E-state index in [1.54, 1.807) is 0 Å². The van der Waals surface area contributed by atoms with E-state index in [4.69, 9.17) is 0 Å². The van der Waals surface area contributed by atoms with Gasteiger partial charge in [0.15, 0.2) is 0 Å². The van der Waals surface area contributed by atoms with Gasteiger partial charge < -0.3 is 4.57 Å². The smallest absolute Gasteiger partial charge is 0.0547 e. The fourth-order valence-corrected chi connectivity index (χ4v) is 7.62. The molecule has 1 aliphatic carbocycles. The largest absolute Gasteiger partial charge is 0.309 e. The molecule has 0 saturated heterocycles. The summed E-state index contributed by atoms with van der Waals surface area (Å²) in [7, 11) is 0. The van der Waals surface area contributed by atoms with Crippen LogP contribution in [0.3, 0.4) is 0 Å². The van der Waals surface area contributed by atoms with Crippen LogP contribution in [0, 0.1) is 0 Å². The first-order chi connectivity index (χ1) is 22.6. The van der Waals surface area contributed by atoms with Gasteiger partial charge in [-0.3, -0.25) is 0 Å². The van der Waals surface area contributed by atoms with Crippen LogP contribution < -0.4 is 0 Å². The Hall–Kier alpha value is -5.66. The van der Waals surface area contributed by atoms with Gasteiger partial charge in [-0.15, -0.1) is 0 Å². The lowest BCUT2D eigenvalue weighted by atomic mass is 9.81. The van der Waals surface area contributed by atoms with Crippen molar-refractivity contribution in [3.63, 3.8) is 0 Å². The topological polar surface area (TPSA) is 4.93 Å². The molecule has 1 aromatic heterocycles. The van der Waals surface area contributed by atoms with Gasteiger partial charge in [0.2, 0.25) is 0 Å². The first-order valence-corrected chi connectivity index (χ1v) is 16.1. The molecule has 218 valence electrons. The minimum atomic E-state index is -0.00361. The highest BCUT2D eigenvalue weighted by Crippen LogP contribution is 2.49. The average Bonchev–Trinajstić information content (AvgIpc) is 3.57. The maximum atomic E-state index is 2.42. The molecule has 0 radical (unpaired) electrons. The first kappa shape index (κ1) is 26.7. The summed E-state index contributed by atoms with van der Waals surface area (Å²) in [5.41, 5.74) is 16.5. The highest BCUT2D eigenvalue weighted by atomic mass is 15.0. The van der Waals surface area contributed by atoms with Crippen LogP contribution in [0.2, 0.25) is 0 Å². The maximum absolute atomic E-state index is 2.42. The van der Waals surface area contributed by atoms with Crippen molar-refractivity contribution >= 4 is 21.8 Å². The van der Waals surface area contributed by atoms with E-state index in [9.17, 15) is 0 Å². The summed E-state index contributed by atoms with van der Waals surface area (Å²) >= 11 is 0. The van der Waals surface area contributed by atoms with E-state index in [1.807, 2.05) is 0 Å². The number of aromatic nitrogens is 1. The molecule has 0 spiro atoms. The van der Waals surface area contributed by atoms with Gasteiger partial charge in [-0.1, -0.05) is 147 Å². The van der Waals surface area contributed by atoms with Crippen LogP contribution in [0.15, 0.2) is 164 Å². The van der Waals surface area contributed by atoms with Gasteiger partial charge in [0, 0.05) is 21.9 Å². The predicted molar refractivity (Wildman–Crippen MR) is 195 cm³/mol. The highest BCUT2D eigenvalue weighted by molar-refractivity contribution is 6.10. The van der Waals surface area contributed by atoms with Crippen LogP contribution >= 0.6 is 0 Å². The molecule has 1 aliphatic rings. The molecule has 0 aliphatic heterocycles. The van der Waals surface area contributed by atoms with E-state index < -0.39 is 0 Å². The van der Waals surface area contributed by atoms with Crippen molar-refractivity contribution in [2.45, 2.75) is 19.3 Å². The normalized spacial score (nSPS) is 13.2. The predicted octanol–water partition coefficient (Wildman–Crippen LogP) is 12.1. The molecule has 9 rings (SSSR count). The number of nitrogens with zero attached hydrogens (tertiary/aromatic N) is 1. The van der Waals surface area contributed by atoms with Crippen LogP contribution in [0.4, 0.5) is 0 Å². The SMILES string of the molecule is CC1(C)c2ccccc2-c2ccc(-c3ccc(-c4ccc5c6ccccc6n(-c6cccc(-c7ccccc7)c6)c5c4)cc3)cc21. The molecule has 0 amide bonds. The fraction of sp³-hybridized carbons (Fsp3) is 0.0667. The summed E-state index contributed by atoms with van der Waals surface area (Å²) in [5.74, 6) is 0. The number of hydrogen-bond donors (Lipinski definition) is 0. The molecule has 0 N–H and O–H groups in total. The molecule has 0 saturated carbocycles. The van der Waals surface area contributed by atoms with Crippen LogP contribution in [-0.4, -0.2) is 4.57 Å². The van der Waals surface area contributed by atoms with Crippen LogP contribution in [0.1, 0.15) is 25.0 Å². The first-order valence-electron chi connectivity index (χ1n) is 16.1. The monoisotopic (exact) mass is 587 g/mol. The van der Waals surface area contributed by atoms with Gasteiger partial charge in [-0.25, -0.2) is 0 Å². The zero-order valence-corrected chi connectivity index (χ0v) is 26.0. The lowest BCUT2D eigenvalue weighted by Gasteiger charge is -2.22. The average molecular weight is 588 g/mol. The van der Waals surface area contributed by atoms with Gasteiger partial charge in [0.25, 0.3) is 0 Å². The standard InChI is InChI=1S/C45H33N/c1-45(2)41-17-8-6-15-37(41)38-25-23-34(28-42(38)45)31-19-21-32(22-20-31)35-24-26-40-39-16-7-9-18-43(39)46(44(40)29-35)36-14-10-13-33(27-36)30-11-4-3-5-12-30/h3-29H,1-2H3. The second-order valence-corrected chi connectivity index (χ2v) is 13.0. The van der Waals surface area contributed by atoms with Gasteiger partial charge in [-0.2, -0.15) is 0 Å². The second-order valence-electron chi connectivity index (χ2n) is 13.0. The van der Waals surface area contributed by atoms with E-state index in [0.717, 1.165) is 0 Å². The lowest BCUT2D eigenvalue weighted by Crippen LogP contribution is -2.14. The van der Waals surface area contributed by atoms with Crippen LogP contribution in [0.5, 0.6) is 0 Å². The van der Waals surface area contributed by atoms with Crippen LogP contribution in [0.25, 0.3) is 72.0 Å². The number of rotatable bonds is 4. The number of hydrogen-bond acceptors (Lipinski definition) is 0. The maximum Gasteiger partial charge on any atom is 0.0547 e. The Labute approximate surface area is 270 Å². The van der Waals surface area contributed by atoms with Crippen molar-refractivity contribution in [2.75, 3.05) is 0 Å². The van der Waals surface area contributed by atoms with Crippen molar-refractivity contribution in [3.8, 4) is 50.2 Å². The quantitative estimate of drug-likeness (QED) is 0.193. The fourth-order valence-electron chi connectivity index (χ4n) is 7.62. The van der Waals surface area contributed by atoms with Gasteiger partial charge in [0.05, 0.1) is 11.0 Å². The Balaban J connectivity index is 1.12. The number of benzene rings is 7. The summed E-state index contributed by atoms with van der Waals surface area (Å²) in [5, 5.41) is 2.54. The molecule has 1 heteroatoms. The third-order valence-electron chi connectivity index (χ3n) is 10.0. The third kappa shape index (κ3) is 4.09. The minimum absolute atomic E-state index is 0.00361. The molecule has 1 nitrogen and oxygen atoms in total. The second kappa shape index (κ2) is 10.2. The Morgan fingerprint density at radius 1 is 0.370 bits per heavy atom. The summed E-state index contributed by atoms with van der Waals surface area (Å²) in [6, 6.07) is 60.1. The molecule has 0 unspecified atom stereocenters. The van der Waals surface area contributed by atoms with Crippen molar-refractivity contribution < 1.29 is 0 Å². The van der Waals surface area contributed by atoms with E-state index in [-0.39, 0.29) is 5.41 Å². The van der Waals surface area contributed by atoms with Gasteiger partial charge in [-0.05, 0) is 86.0 Å². The zero-order chi connectivity index (χ0) is 30.8. The van der Waals surface area contributed by atoms with Gasteiger partial charge >= 0.3 is 0 Å². The van der Waals surface area contributed by atoms with E-state index in [1.165, 1.54) is 83.1 Å². The Morgan fingerprint density at radius 3 is 1.76 bits per heavy atom. The third-order valence-corrected chi connectivity index (χ3v) is 10.0. The summed E-state index contributed by atoms with van der Waals surface area (Å²) in [6.45, 7) is 4.69. The minimum Gasteiger partial charge on any atom is -0.309 e. The molecular formula is C45H33N. The highest BCUT2D eigenvalue weighted by Gasteiger charge is 2.35. The van der Waals surface area contributed by atoms with Crippen LogP contribution in [-0.2, 0) is 5.41 Å². The van der Waals surface area contributed by atoms with Crippen molar-refractivity contribution in [3.05, 3.63) is 175 Å². The van der Waals surface area contributed by atoms with Crippen molar-refractivity contribution in [2.24, 2.45) is 0 Å². The van der Waals surface area contributed by atoms with Gasteiger partial charge in [0.1, 0.15) is 0 Å². The van der Waals surface area contributed by atoms with E-state index in [0.29, 0.717) is 0 Å². The molecule has 7 aromatic carbocycles. The molecule has 0 fully saturated rings. The molecule has 46 heavy (non-hydrogen) atoms. The molecule has 0 atom stereocenters. The van der Waals surface area contributed by atoms with E-state index >= 15 is 0 Å². The molecule has 1 heterocycles. The Morgan fingerprint density at radius 2 is 0.935 bits per heavy atom. The summed E-state index contributed by atoms with van der Waals surface area (Å²) < 4.78 is 2.42. The lowest BCUT2D eigenvalue weighted by molar-refractivity contribution is 0.660. The molecular weight excluding hydrogens is 555 g/mol. The number of para-hydroxylation sites is 1. The number of fused-ring (bicyclic) bond motifs is 6. The van der Waals surface area contributed by atoms with E-state index in [2.05, 4.69) is 182 Å². The Kier molecular flexibility index (Phi) is 5.92. The molecule has 8 aromatic rings. The summed E-state index contributed by atoms with van der Waals surface area (Å²) in [6.07, 6.45) is 0.